The van der Waals surface area contributed by atoms with Gasteiger partial charge in [0.2, 0.25) is 0 Å². The first-order valence-electron chi connectivity index (χ1n) is 11.4. The molecule has 1 aliphatic heterocycles. The Hall–Kier alpha value is -3.65. The van der Waals surface area contributed by atoms with Crippen LogP contribution in [0.5, 0.6) is 0 Å². The smallest absolute Gasteiger partial charge is 0.417 e. The van der Waals surface area contributed by atoms with E-state index < -0.39 is 17.6 Å². The molecule has 0 bridgehead atoms. The quantitative estimate of drug-likeness (QED) is 0.423. The monoisotopic (exact) mass is 516 g/mol. The third-order valence-corrected chi connectivity index (χ3v) is 7.05. The van der Waals surface area contributed by atoms with Crippen molar-refractivity contribution >= 4 is 23.2 Å². The molecule has 0 aliphatic carbocycles. The van der Waals surface area contributed by atoms with E-state index in [1.807, 2.05) is 6.07 Å². The summed E-state index contributed by atoms with van der Waals surface area (Å²) < 4.78 is 45.3. The standard InChI is InChI=1S/C25H23F3N4O3S/c26-25(27,28)20-7-2-1-6-19(20)23(33)31-12-8-17(9-13-31)22-30-21(16-36-22)24(34)32(11-4-10-29)15-18-5-3-14-35-18/h1-3,5-7,14,16-17H,4,8-9,11-13,15H2. The van der Waals surface area contributed by atoms with Crippen LogP contribution in [-0.2, 0) is 12.7 Å². The molecule has 0 unspecified atom stereocenters. The van der Waals surface area contributed by atoms with Gasteiger partial charge < -0.3 is 14.2 Å². The largest absolute Gasteiger partial charge is 0.467 e. The van der Waals surface area contributed by atoms with Gasteiger partial charge in [0.15, 0.2) is 0 Å². The lowest BCUT2D eigenvalue weighted by atomic mass is 9.96. The van der Waals surface area contributed by atoms with Gasteiger partial charge in [-0.05, 0) is 37.1 Å². The summed E-state index contributed by atoms with van der Waals surface area (Å²) >= 11 is 1.35. The van der Waals surface area contributed by atoms with Gasteiger partial charge in [-0.25, -0.2) is 4.98 Å². The van der Waals surface area contributed by atoms with Crippen molar-refractivity contribution in [1.29, 1.82) is 5.26 Å². The van der Waals surface area contributed by atoms with E-state index in [-0.39, 0.29) is 42.6 Å². The number of nitriles is 1. The van der Waals surface area contributed by atoms with Gasteiger partial charge in [0.25, 0.3) is 11.8 Å². The number of nitrogens with zero attached hydrogens (tertiary/aromatic N) is 4. The summed E-state index contributed by atoms with van der Waals surface area (Å²) in [6.07, 6.45) is -1.85. The molecule has 36 heavy (non-hydrogen) atoms. The number of piperidine rings is 1. The lowest BCUT2D eigenvalue weighted by molar-refractivity contribution is -0.138. The highest BCUT2D eigenvalue weighted by Crippen LogP contribution is 2.34. The number of carbonyl (C=O) groups is 2. The number of hydrogen-bond donors (Lipinski definition) is 0. The molecule has 7 nitrogen and oxygen atoms in total. The summed E-state index contributed by atoms with van der Waals surface area (Å²) in [5.41, 5.74) is -1.01. The van der Waals surface area contributed by atoms with Gasteiger partial charge in [0.05, 0.1) is 41.4 Å². The van der Waals surface area contributed by atoms with Crippen molar-refractivity contribution in [2.45, 2.75) is 37.9 Å². The van der Waals surface area contributed by atoms with Gasteiger partial charge in [-0.3, -0.25) is 9.59 Å². The van der Waals surface area contributed by atoms with Crippen LogP contribution in [0.3, 0.4) is 0 Å². The minimum Gasteiger partial charge on any atom is -0.467 e. The van der Waals surface area contributed by atoms with Gasteiger partial charge >= 0.3 is 6.18 Å². The summed E-state index contributed by atoms with van der Waals surface area (Å²) in [7, 11) is 0. The molecule has 1 aliphatic rings. The number of carbonyl (C=O) groups excluding carboxylic acids is 2. The Morgan fingerprint density at radius 3 is 2.61 bits per heavy atom. The van der Waals surface area contributed by atoms with Crippen molar-refractivity contribution in [3.05, 3.63) is 75.6 Å². The highest BCUT2D eigenvalue weighted by Gasteiger charge is 2.37. The Bertz CT molecular complexity index is 1240. The van der Waals surface area contributed by atoms with Crippen LogP contribution in [-0.4, -0.2) is 46.2 Å². The molecule has 2 aromatic heterocycles. The Morgan fingerprint density at radius 2 is 1.94 bits per heavy atom. The van der Waals surface area contributed by atoms with Gasteiger partial charge in [-0.1, -0.05) is 12.1 Å². The molecule has 1 aromatic carbocycles. The number of hydrogen-bond acceptors (Lipinski definition) is 6. The number of likely N-dealkylation sites (tertiary alicyclic amines) is 1. The number of amides is 2. The van der Waals surface area contributed by atoms with E-state index in [1.54, 1.807) is 17.5 Å². The van der Waals surface area contributed by atoms with Crippen molar-refractivity contribution in [3.63, 3.8) is 0 Å². The molecule has 1 fully saturated rings. The average Bonchev–Trinajstić information content (AvgIpc) is 3.58. The number of benzene rings is 1. The van der Waals surface area contributed by atoms with Crippen molar-refractivity contribution < 1.29 is 27.2 Å². The first kappa shape index (κ1) is 25.4. The SMILES string of the molecule is N#CCCN(Cc1ccco1)C(=O)c1csc(C2CCN(C(=O)c3ccccc3C(F)(F)F)CC2)n1. The van der Waals surface area contributed by atoms with Gasteiger partial charge in [-0.15, -0.1) is 11.3 Å². The second-order valence-corrected chi connectivity index (χ2v) is 9.28. The maximum atomic E-state index is 13.3. The zero-order valence-corrected chi connectivity index (χ0v) is 20.0. The topological polar surface area (TPSA) is 90.4 Å². The minimum atomic E-state index is -4.60. The first-order chi connectivity index (χ1) is 17.3. The highest BCUT2D eigenvalue weighted by molar-refractivity contribution is 7.09. The van der Waals surface area contributed by atoms with Crippen molar-refractivity contribution in [2.24, 2.45) is 0 Å². The Labute approximate surface area is 209 Å². The molecule has 0 radical (unpaired) electrons. The Kier molecular flexibility index (Phi) is 7.74. The molecule has 0 N–H and O–H groups in total. The van der Waals surface area contributed by atoms with Gasteiger partial charge in [0, 0.05) is 30.9 Å². The second-order valence-electron chi connectivity index (χ2n) is 8.39. The predicted octanol–water partition coefficient (Wildman–Crippen LogP) is 5.33. The number of furan rings is 1. The van der Waals surface area contributed by atoms with Crippen LogP contribution in [0.4, 0.5) is 13.2 Å². The molecule has 1 saturated heterocycles. The predicted molar refractivity (Wildman–Crippen MR) is 125 cm³/mol. The van der Waals surface area contributed by atoms with E-state index in [1.165, 1.54) is 45.6 Å². The van der Waals surface area contributed by atoms with Crippen LogP contribution in [0, 0.1) is 11.3 Å². The van der Waals surface area contributed by atoms with Crippen molar-refractivity contribution in [1.82, 2.24) is 14.8 Å². The lowest BCUT2D eigenvalue weighted by Gasteiger charge is -2.31. The van der Waals surface area contributed by atoms with Crippen molar-refractivity contribution in [3.8, 4) is 6.07 Å². The van der Waals surface area contributed by atoms with Crippen LogP contribution in [0.2, 0.25) is 0 Å². The fraction of sp³-hybridized carbons (Fsp3) is 0.360. The number of aromatic nitrogens is 1. The van der Waals surface area contributed by atoms with E-state index in [2.05, 4.69) is 4.98 Å². The molecule has 0 atom stereocenters. The first-order valence-corrected chi connectivity index (χ1v) is 12.3. The van der Waals surface area contributed by atoms with Crippen LogP contribution in [0.1, 0.15) is 62.4 Å². The van der Waals surface area contributed by atoms with Crippen LogP contribution < -0.4 is 0 Å². The fourth-order valence-corrected chi connectivity index (χ4v) is 5.15. The summed E-state index contributed by atoms with van der Waals surface area (Å²) in [6.45, 7) is 1.06. The van der Waals surface area contributed by atoms with E-state index in [0.29, 0.717) is 31.7 Å². The molecular formula is C25H23F3N4O3S. The van der Waals surface area contributed by atoms with E-state index in [9.17, 15) is 22.8 Å². The number of alkyl halides is 3. The minimum absolute atomic E-state index is 0.00362. The van der Waals surface area contributed by atoms with E-state index >= 15 is 0 Å². The van der Waals surface area contributed by atoms with Crippen LogP contribution in [0.25, 0.3) is 0 Å². The normalized spacial score (nSPS) is 14.4. The average molecular weight is 517 g/mol. The maximum absolute atomic E-state index is 13.3. The van der Waals surface area contributed by atoms with E-state index in [0.717, 1.165) is 11.1 Å². The zero-order valence-electron chi connectivity index (χ0n) is 19.2. The fourth-order valence-electron chi connectivity index (χ4n) is 4.18. The Balaban J connectivity index is 1.40. The molecule has 0 saturated carbocycles. The Morgan fingerprint density at radius 1 is 1.19 bits per heavy atom. The molecular weight excluding hydrogens is 493 g/mol. The third-order valence-electron chi connectivity index (χ3n) is 6.04. The number of thiazole rings is 1. The molecule has 11 heteroatoms. The van der Waals surface area contributed by atoms with Crippen LogP contribution >= 0.6 is 11.3 Å². The molecule has 3 heterocycles. The summed E-state index contributed by atoms with van der Waals surface area (Å²) in [4.78, 5) is 33.4. The molecule has 3 aromatic rings. The second kappa shape index (κ2) is 11.0. The highest BCUT2D eigenvalue weighted by atomic mass is 32.1. The third kappa shape index (κ3) is 5.76. The maximum Gasteiger partial charge on any atom is 0.417 e. The molecule has 4 rings (SSSR count). The lowest BCUT2D eigenvalue weighted by Crippen LogP contribution is -2.38. The summed E-state index contributed by atoms with van der Waals surface area (Å²) in [6, 6.07) is 10.3. The zero-order chi connectivity index (χ0) is 25.7. The summed E-state index contributed by atoms with van der Waals surface area (Å²) in [5, 5.41) is 11.4. The van der Waals surface area contributed by atoms with Crippen molar-refractivity contribution in [2.75, 3.05) is 19.6 Å². The number of rotatable bonds is 7. The van der Waals surface area contributed by atoms with Crippen LogP contribution in [0.15, 0.2) is 52.5 Å². The van der Waals surface area contributed by atoms with Gasteiger partial charge in [-0.2, -0.15) is 18.4 Å². The molecule has 188 valence electrons. The number of halogens is 3. The molecule has 2 amide bonds. The summed E-state index contributed by atoms with van der Waals surface area (Å²) in [5.74, 6) is -0.347. The van der Waals surface area contributed by atoms with Gasteiger partial charge in [0.1, 0.15) is 11.5 Å². The van der Waals surface area contributed by atoms with E-state index in [4.69, 9.17) is 9.68 Å². The molecule has 0 spiro atoms.